The normalized spacial score (nSPS) is 22.5. The van der Waals surface area contributed by atoms with Gasteiger partial charge in [-0.2, -0.15) is 0 Å². The Hall–Kier alpha value is 0. The molecule has 0 saturated heterocycles. The minimum atomic E-state index is 0.994. The third kappa shape index (κ3) is 3.63. The van der Waals surface area contributed by atoms with Gasteiger partial charge in [-0.1, -0.05) is 65.7 Å². The maximum absolute atomic E-state index is 2.49. The third-order valence-corrected chi connectivity index (χ3v) is 4.18. The van der Waals surface area contributed by atoms with Crippen LogP contribution >= 0.6 is 0 Å². The smallest absolute Gasteiger partial charge is 0.0388 e. The van der Waals surface area contributed by atoms with E-state index in [9.17, 15) is 0 Å². The van der Waals surface area contributed by atoms with Crippen LogP contribution in [0.5, 0.6) is 0 Å². The lowest BCUT2D eigenvalue weighted by molar-refractivity contribution is 0.275. The fourth-order valence-electron chi connectivity index (χ4n) is 3.14. The minimum absolute atomic E-state index is 0.994. The van der Waals surface area contributed by atoms with Crippen molar-refractivity contribution in [2.75, 3.05) is 0 Å². The summed E-state index contributed by atoms with van der Waals surface area (Å²) in [6.45, 7) is 7.18. The Kier molecular flexibility index (Phi) is 5.59. The lowest BCUT2D eigenvalue weighted by atomic mass is 9.82. The lowest BCUT2D eigenvalue weighted by Crippen LogP contribution is -2.13. The summed E-state index contributed by atoms with van der Waals surface area (Å²) in [7, 11) is 0. The summed E-state index contributed by atoms with van der Waals surface area (Å²) in [5.74, 6) is 3.07. The van der Waals surface area contributed by atoms with Gasteiger partial charge in [-0.05, 0) is 24.2 Å². The first kappa shape index (κ1) is 12.1. The van der Waals surface area contributed by atoms with Gasteiger partial charge < -0.3 is 0 Å². The molecule has 0 radical (unpaired) electrons. The third-order valence-electron chi connectivity index (χ3n) is 4.18. The zero-order valence-electron chi connectivity index (χ0n) is 10.4. The molecule has 0 N–H and O–H groups in total. The Labute approximate surface area is 90.5 Å². The fourth-order valence-corrected chi connectivity index (χ4v) is 3.14. The van der Waals surface area contributed by atoms with Crippen molar-refractivity contribution >= 4 is 0 Å². The van der Waals surface area contributed by atoms with Gasteiger partial charge >= 0.3 is 0 Å². The molecule has 0 heteroatoms. The Balaban J connectivity index is 2.25. The standard InChI is InChI=1S/C14H28/c1-4-8-13(5-2)11-12(3)14-9-6-7-10-14/h12-14H,4-11H2,1-3H3. The van der Waals surface area contributed by atoms with Crippen molar-refractivity contribution in [2.24, 2.45) is 17.8 Å². The number of hydrogen-bond donors (Lipinski definition) is 0. The molecular formula is C14H28. The summed E-state index contributed by atoms with van der Waals surface area (Å²) in [5.41, 5.74) is 0. The van der Waals surface area contributed by atoms with Gasteiger partial charge in [0.15, 0.2) is 0 Å². The molecule has 0 spiro atoms. The summed E-state index contributed by atoms with van der Waals surface area (Å²) in [5, 5.41) is 0. The maximum atomic E-state index is 2.49. The van der Waals surface area contributed by atoms with Crippen LogP contribution in [0.1, 0.15) is 72.1 Å². The highest BCUT2D eigenvalue weighted by Gasteiger charge is 2.23. The molecule has 0 bridgehead atoms. The summed E-state index contributed by atoms with van der Waals surface area (Å²) in [6, 6.07) is 0. The molecule has 0 aromatic carbocycles. The molecular weight excluding hydrogens is 168 g/mol. The van der Waals surface area contributed by atoms with Crippen molar-refractivity contribution in [2.45, 2.75) is 72.1 Å². The zero-order chi connectivity index (χ0) is 10.4. The molecule has 1 fully saturated rings. The highest BCUT2D eigenvalue weighted by atomic mass is 14.3. The van der Waals surface area contributed by atoms with Gasteiger partial charge in [0.2, 0.25) is 0 Å². The van der Waals surface area contributed by atoms with Gasteiger partial charge in [-0.25, -0.2) is 0 Å². The van der Waals surface area contributed by atoms with E-state index in [1.54, 1.807) is 0 Å². The second-order valence-corrected chi connectivity index (χ2v) is 5.32. The van der Waals surface area contributed by atoms with Crippen LogP contribution in [0.2, 0.25) is 0 Å². The van der Waals surface area contributed by atoms with Gasteiger partial charge in [-0.15, -0.1) is 0 Å². The highest BCUT2D eigenvalue weighted by Crippen LogP contribution is 2.35. The van der Waals surface area contributed by atoms with Crippen LogP contribution in [-0.2, 0) is 0 Å². The van der Waals surface area contributed by atoms with E-state index in [2.05, 4.69) is 20.8 Å². The molecule has 0 amide bonds. The monoisotopic (exact) mass is 196 g/mol. The Morgan fingerprint density at radius 1 is 1.14 bits per heavy atom. The highest BCUT2D eigenvalue weighted by molar-refractivity contribution is 4.74. The molecule has 2 atom stereocenters. The average Bonchev–Trinajstić information content (AvgIpc) is 2.69. The fraction of sp³-hybridized carbons (Fsp3) is 1.00. The summed E-state index contributed by atoms with van der Waals surface area (Å²) >= 11 is 0. The van der Waals surface area contributed by atoms with Crippen LogP contribution in [0.15, 0.2) is 0 Å². The first-order valence-electron chi connectivity index (χ1n) is 6.77. The van der Waals surface area contributed by atoms with Crippen molar-refractivity contribution in [3.8, 4) is 0 Å². The van der Waals surface area contributed by atoms with Gasteiger partial charge in [0.1, 0.15) is 0 Å². The van der Waals surface area contributed by atoms with Crippen LogP contribution < -0.4 is 0 Å². The van der Waals surface area contributed by atoms with E-state index in [-0.39, 0.29) is 0 Å². The van der Waals surface area contributed by atoms with Crippen molar-refractivity contribution < 1.29 is 0 Å². The maximum Gasteiger partial charge on any atom is -0.0388 e. The van der Waals surface area contributed by atoms with Gasteiger partial charge in [-0.3, -0.25) is 0 Å². The van der Waals surface area contributed by atoms with E-state index >= 15 is 0 Å². The molecule has 1 saturated carbocycles. The van der Waals surface area contributed by atoms with E-state index in [1.165, 1.54) is 51.4 Å². The van der Waals surface area contributed by atoms with Gasteiger partial charge in [0.05, 0.1) is 0 Å². The van der Waals surface area contributed by atoms with Crippen LogP contribution in [0.3, 0.4) is 0 Å². The summed E-state index contributed by atoms with van der Waals surface area (Å²) in [6.07, 6.45) is 11.7. The van der Waals surface area contributed by atoms with Gasteiger partial charge in [0, 0.05) is 0 Å². The molecule has 0 nitrogen and oxygen atoms in total. The minimum Gasteiger partial charge on any atom is -0.0654 e. The Bertz CT molecular complexity index is 133. The second kappa shape index (κ2) is 6.48. The first-order chi connectivity index (χ1) is 6.77. The van der Waals surface area contributed by atoms with Crippen LogP contribution in [-0.4, -0.2) is 0 Å². The summed E-state index contributed by atoms with van der Waals surface area (Å²) < 4.78 is 0. The van der Waals surface area contributed by atoms with Crippen LogP contribution in [0, 0.1) is 17.8 Å². The zero-order valence-corrected chi connectivity index (χ0v) is 10.4. The van der Waals surface area contributed by atoms with Crippen LogP contribution in [0.4, 0.5) is 0 Å². The SMILES string of the molecule is CCCC(CC)CC(C)C1CCCC1. The molecule has 2 unspecified atom stereocenters. The predicted molar refractivity (Wildman–Crippen MR) is 64.4 cm³/mol. The average molecular weight is 196 g/mol. The number of rotatable bonds is 6. The summed E-state index contributed by atoms with van der Waals surface area (Å²) in [4.78, 5) is 0. The van der Waals surface area contributed by atoms with E-state index < -0.39 is 0 Å². The van der Waals surface area contributed by atoms with Gasteiger partial charge in [0.25, 0.3) is 0 Å². The quantitative estimate of drug-likeness (QED) is 0.559. The predicted octanol–water partition coefficient (Wildman–Crippen LogP) is 5.03. The van der Waals surface area contributed by atoms with E-state index in [0.717, 1.165) is 17.8 Å². The van der Waals surface area contributed by atoms with Crippen LogP contribution in [0.25, 0.3) is 0 Å². The van der Waals surface area contributed by atoms with Crippen molar-refractivity contribution in [1.82, 2.24) is 0 Å². The molecule has 0 aromatic rings. The molecule has 0 aromatic heterocycles. The molecule has 14 heavy (non-hydrogen) atoms. The Morgan fingerprint density at radius 2 is 1.79 bits per heavy atom. The van der Waals surface area contributed by atoms with Crippen molar-refractivity contribution in [3.63, 3.8) is 0 Å². The lowest BCUT2D eigenvalue weighted by Gasteiger charge is -2.23. The van der Waals surface area contributed by atoms with E-state index in [4.69, 9.17) is 0 Å². The van der Waals surface area contributed by atoms with Crippen molar-refractivity contribution in [3.05, 3.63) is 0 Å². The topological polar surface area (TPSA) is 0 Å². The van der Waals surface area contributed by atoms with E-state index in [1.807, 2.05) is 0 Å². The number of hydrogen-bond acceptors (Lipinski definition) is 0. The molecule has 1 aliphatic rings. The molecule has 0 aliphatic heterocycles. The molecule has 1 aliphatic carbocycles. The molecule has 84 valence electrons. The first-order valence-corrected chi connectivity index (χ1v) is 6.77. The second-order valence-electron chi connectivity index (χ2n) is 5.32. The van der Waals surface area contributed by atoms with E-state index in [0.29, 0.717) is 0 Å². The van der Waals surface area contributed by atoms with Crippen molar-refractivity contribution in [1.29, 1.82) is 0 Å². The molecule has 1 rings (SSSR count). The molecule has 0 heterocycles. The Morgan fingerprint density at radius 3 is 2.29 bits per heavy atom. The largest absolute Gasteiger partial charge is 0.0654 e.